The summed E-state index contributed by atoms with van der Waals surface area (Å²) in [4.78, 5) is 6.35. The van der Waals surface area contributed by atoms with Gasteiger partial charge >= 0.3 is 0 Å². The van der Waals surface area contributed by atoms with Gasteiger partial charge in [0.1, 0.15) is 13.0 Å². The molecule has 3 rings (SSSR count). The number of sulfone groups is 1. The van der Waals surface area contributed by atoms with Crippen LogP contribution < -0.4 is 21.3 Å². The van der Waals surface area contributed by atoms with Crippen molar-refractivity contribution in [3.63, 3.8) is 0 Å². The highest BCUT2D eigenvalue weighted by Crippen LogP contribution is 2.36. The van der Waals surface area contributed by atoms with Crippen molar-refractivity contribution in [2.24, 2.45) is 10.7 Å². The molecule has 1 aliphatic rings. The summed E-state index contributed by atoms with van der Waals surface area (Å²) in [6.45, 7) is 8.95. The van der Waals surface area contributed by atoms with Gasteiger partial charge in [-0.2, -0.15) is 4.99 Å². The Hall–Kier alpha value is -2.28. The monoisotopic (exact) mass is 508 g/mol. The van der Waals surface area contributed by atoms with Gasteiger partial charge in [0.2, 0.25) is 5.96 Å². The molecule has 10 heteroatoms. The number of aliphatic imine (C=N–C) groups is 1. The van der Waals surface area contributed by atoms with E-state index in [1.807, 2.05) is 25.1 Å². The van der Waals surface area contributed by atoms with Crippen LogP contribution in [0, 0.1) is 0 Å². The molecular weight excluding hydrogens is 479 g/mol. The van der Waals surface area contributed by atoms with Crippen LogP contribution in [0.4, 0.5) is 11.4 Å². The fourth-order valence-corrected chi connectivity index (χ4v) is 5.76. The summed E-state index contributed by atoms with van der Waals surface area (Å²) < 4.78 is 38.7. The van der Waals surface area contributed by atoms with Crippen LogP contribution >= 0.6 is 18.7 Å². The quantitative estimate of drug-likeness (QED) is 0.562. The number of hydrogen-bond acceptors (Lipinski definition) is 7. The van der Waals surface area contributed by atoms with Crippen molar-refractivity contribution in [1.82, 2.24) is 0 Å². The SMILES string of the molecule is CCc1cc(P(C)(C)=O)ccc1NC1=NC(N)=C(Cl)CN1c1ccccc1S(=O)(=O)C(C)C. The standard InChI is InChI=1S/C23H30ClN4O3PS/c1-6-16-13-17(32(4,5)29)11-12-19(16)26-23-27-22(25)18(24)14-28(23)20-9-7-8-10-21(20)33(30,31)15(2)3/h7-13,15H,6,14,25H2,1-5H3,(H,26,27). The van der Waals surface area contributed by atoms with E-state index in [-0.39, 0.29) is 17.3 Å². The lowest BCUT2D eigenvalue weighted by Gasteiger charge is -2.32. The van der Waals surface area contributed by atoms with Crippen LogP contribution in [-0.4, -0.2) is 39.5 Å². The third-order valence-electron chi connectivity index (χ3n) is 5.48. The summed E-state index contributed by atoms with van der Waals surface area (Å²) in [7, 11) is -5.98. The van der Waals surface area contributed by atoms with Gasteiger partial charge in [-0.25, -0.2) is 8.42 Å². The minimum atomic E-state index is -3.56. The number of halogens is 1. The fourth-order valence-electron chi connectivity index (χ4n) is 3.45. The lowest BCUT2D eigenvalue weighted by molar-refractivity contribution is 0.586. The lowest BCUT2D eigenvalue weighted by atomic mass is 10.1. The topological polar surface area (TPSA) is 105 Å². The summed E-state index contributed by atoms with van der Waals surface area (Å²) >= 11 is 6.34. The average Bonchev–Trinajstić information content (AvgIpc) is 2.75. The Balaban J connectivity index is 2.11. The molecule has 0 atom stereocenters. The third-order valence-corrected chi connectivity index (χ3v) is 9.51. The number of guanidine groups is 1. The smallest absolute Gasteiger partial charge is 0.210 e. The minimum Gasteiger partial charge on any atom is -0.383 e. The molecule has 0 aromatic heterocycles. The van der Waals surface area contributed by atoms with E-state index in [0.717, 1.165) is 16.6 Å². The first-order valence-corrected chi connectivity index (χ1v) is 15.2. The molecule has 33 heavy (non-hydrogen) atoms. The number of benzene rings is 2. The normalized spacial score (nSPS) is 15.1. The molecule has 0 bridgehead atoms. The van der Waals surface area contributed by atoms with Crippen LogP contribution in [0.25, 0.3) is 0 Å². The third kappa shape index (κ3) is 5.29. The molecule has 0 saturated heterocycles. The highest BCUT2D eigenvalue weighted by Gasteiger charge is 2.29. The van der Waals surface area contributed by atoms with Crippen molar-refractivity contribution in [3.8, 4) is 0 Å². The summed E-state index contributed by atoms with van der Waals surface area (Å²) in [5.74, 6) is 0.530. The number of anilines is 2. The molecule has 0 amide bonds. The Kier molecular flexibility index (Phi) is 7.32. The van der Waals surface area contributed by atoms with E-state index in [0.29, 0.717) is 23.1 Å². The molecule has 2 aromatic rings. The first-order valence-electron chi connectivity index (χ1n) is 10.6. The first kappa shape index (κ1) is 25.3. The largest absolute Gasteiger partial charge is 0.383 e. The second-order valence-electron chi connectivity index (χ2n) is 8.54. The number of aryl methyl sites for hydroxylation is 1. The van der Waals surface area contributed by atoms with Gasteiger partial charge in [0, 0.05) is 11.0 Å². The van der Waals surface area contributed by atoms with Crippen LogP contribution in [0.1, 0.15) is 26.3 Å². The molecule has 0 radical (unpaired) electrons. The summed E-state index contributed by atoms with van der Waals surface area (Å²) in [5.41, 5.74) is 8.22. The van der Waals surface area contributed by atoms with E-state index in [1.54, 1.807) is 56.3 Å². The number of para-hydroxylation sites is 1. The van der Waals surface area contributed by atoms with E-state index in [2.05, 4.69) is 10.3 Å². The Morgan fingerprint density at radius 1 is 1.21 bits per heavy atom. The zero-order valence-corrected chi connectivity index (χ0v) is 21.9. The molecule has 0 aliphatic carbocycles. The Labute approximate surface area is 201 Å². The highest BCUT2D eigenvalue weighted by atomic mass is 35.5. The van der Waals surface area contributed by atoms with Crippen molar-refractivity contribution in [2.45, 2.75) is 37.3 Å². The summed E-state index contributed by atoms with van der Waals surface area (Å²) in [6, 6.07) is 12.4. The minimum absolute atomic E-state index is 0.168. The van der Waals surface area contributed by atoms with Gasteiger partial charge in [0.15, 0.2) is 9.84 Å². The van der Waals surface area contributed by atoms with Gasteiger partial charge in [-0.1, -0.05) is 30.7 Å². The van der Waals surface area contributed by atoms with Crippen LogP contribution in [0.5, 0.6) is 0 Å². The van der Waals surface area contributed by atoms with Crippen molar-refractivity contribution in [1.29, 1.82) is 0 Å². The molecule has 0 spiro atoms. The number of rotatable bonds is 6. The maximum absolute atomic E-state index is 13.1. The van der Waals surface area contributed by atoms with E-state index in [1.165, 1.54) is 0 Å². The number of nitrogens with two attached hydrogens (primary N) is 1. The Morgan fingerprint density at radius 2 is 1.88 bits per heavy atom. The van der Waals surface area contributed by atoms with Crippen LogP contribution in [-0.2, 0) is 20.8 Å². The fraction of sp³-hybridized carbons (Fsp3) is 0.348. The van der Waals surface area contributed by atoms with E-state index < -0.39 is 22.2 Å². The van der Waals surface area contributed by atoms with E-state index in [9.17, 15) is 13.0 Å². The van der Waals surface area contributed by atoms with Gasteiger partial charge in [0.05, 0.1) is 27.4 Å². The number of nitrogens with one attached hydrogen (secondary N) is 1. The molecule has 2 aromatic carbocycles. The van der Waals surface area contributed by atoms with Crippen LogP contribution in [0.3, 0.4) is 0 Å². The zero-order chi connectivity index (χ0) is 24.6. The lowest BCUT2D eigenvalue weighted by Crippen LogP contribution is -2.42. The van der Waals surface area contributed by atoms with Crippen molar-refractivity contribution in [3.05, 3.63) is 58.9 Å². The molecular formula is C23H30ClN4O3PS. The molecule has 0 fully saturated rings. The number of hydrogen-bond donors (Lipinski definition) is 2. The molecule has 0 unspecified atom stereocenters. The zero-order valence-electron chi connectivity index (χ0n) is 19.5. The van der Waals surface area contributed by atoms with E-state index >= 15 is 0 Å². The van der Waals surface area contributed by atoms with Crippen molar-refractivity contribution in [2.75, 3.05) is 30.1 Å². The summed E-state index contributed by atoms with van der Waals surface area (Å²) in [5, 5.41) is 3.83. The van der Waals surface area contributed by atoms with Crippen molar-refractivity contribution >= 4 is 51.2 Å². The molecule has 7 nitrogen and oxygen atoms in total. The summed E-state index contributed by atoms with van der Waals surface area (Å²) in [6.07, 6.45) is 0.702. The Bertz CT molecular complexity index is 1280. The second kappa shape index (κ2) is 9.53. The first-order chi connectivity index (χ1) is 15.4. The van der Waals surface area contributed by atoms with Gasteiger partial charge < -0.3 is 20.5 Å². The molecule has 178 valence electrons. The number of nitrogens with zero attached hydrogens (tertiary/aromatic N) is 2. The van der Waals surface area contributed by atoms with Crippen LogP contribution in [0.15, 0.2) is 63.2 Å². The molecule has 1 aliphatic heterocycles. The molecule has 1 heterocycles. The molecule has 0 saturated carbocycles. The highest BCUT2D eigenvalue weighted by molar-refractivity contribution is 7.92. The predicted molar refractivity (Wildman–Crippen MR) is 139 cm³/mol. The Morgan fingerprint density at radius 3 is 2.48 bits per heavy atom. The maximum Gasteiger partial charge on any atom is 0.210 e. The second-order valence-corrected chi connectivity index (χ2v) is 14.7. The van der Waals surface area contributed by atoms with Crippen LogP contribution in [0.2, 0.25) is 0 Å². The van der Waals surface area contributed by atoms with E-state index in [4.69, 9.17) is 17.3 Å². The van der Waals surface area contributed by atoms with Gasteiger partial charge in [0.25, 0.3) is 0 Å². The average molecular weight is 509 g/mol. The van der Waals surface area contributed by atoms with Crippen molar-refractivity contribution < 1.29 is 13.0 Å². The van der Waals surface area contributed by atoms with Gasteiger partial charge in [-0.05, 0) is 69.5 Å². The van der Waals surface area contributed by atoms with Gasteiger partial charge in [-0.3, -0.25) is 0 Å². The molecule has 3 N–H and O–H groups in total. The maximum atomic E-state index is 13.1. The van der Waals surface area contributed by atoms with Gasteiger partial charge in [-0.15, -0.1) is 0 Å². The predicted octanol–water partition coefficient (Wildman–Crippen LogP) is 4.33.